The fourth-order valence-corrected chi connectivity index (χ4v) is 2.58. The minimum Gasteiger partial charge on any atom is -0.354 e. The molecule has 0 aromatic carbocycles. The van der Waals surface area contributed by atoms with Crippen LogP contribution in [0.2, 0.25) is 0 Å². The Morgan fingerprint density at radius 3 is 2.90 bits per heavy atom. The van der Waals surface area contributed by atoms with Gasteiger partial charge in [-0.05, 0) is 42.7 Å². The van der Waals surface area contributed by atoms with E-state index in [0.29, 0.717) is 6.04 Å². The zero-order valence-corrected chi connectivity index (χ0v) is 11.4. The van der Waals surface area contributed by atoms with Crippen LogP contribution in [0.15, 0.2) is 42.9 Å². The lowest BCUT2D eigenvalue weighted by molar-refractivity contribution is 0.419. The molecule has 2 aromatic rings. The summed E-state index contributed by atoms with van der Waals surface area (Å²) in [5.74, 6) is 0.975. The number of hydrogen-bond acceptors (Lipinski definition) is 5. The van der Waals surface area contributed by atoms with Crippen molar-refractivity contribution in [2.75, 3.05) is 18.0 Å². The predicted octanol–water partition coefficient (Wildman–Crippen LogP) is 1.63. The number of aromatic nitrogens is 3. The monoisotopic (exact) mass is 269 g/mol. The molecule has 1 saturated heterocycles. The van der Waals surface area contributed by atoms with Crippen LogP contribution in [0.4, 0.5) is 5.82 Å². The number of piperidine rings is 1. The average molecular weight is 269 g/mol. The summed E-state index contributed by atoms with van der Waals surface area (Å²) in [7, 11) is 0. The van der Waals surface area contributed by atoms with Gasteiger partial charge in [0, 0.05) is 44.3 Å². The van der Waals surface area contributed by atoms with E-state index in [-0.39, 0.29) is 0 Å². The summed E-state index contributed by atoms with van der Waals surface area (Å²) in [6, 6.07) is 8.57. The van der Waals surface area contributed by atoms with Crippen molar-refractivity contribution in [1.82, 2.24) is 20.5 Å². The van der Waals surface area contributed by atoms with Crippen molar-refractivity contribution in [3.05, 3.63) is 48.4 Å². The van der Waals surface area contributed by atoms with Gasteiger partial charge in [0.2, 0.25) is 0 Å². The summed E-state index contributed by atoms with van der Waals surface area (Å²) in [6.45, 7) is 2.94. The van der Waals surface area contributed by atoms with E-state index in [9.17, 15) is 0 Å². The van der Waals surface area contributed by atoms with E-state index in [1.807, 2.05) is 24.5 Å². The van der Waals surface area contributed by atoms with Crippen molar-refractivity contribution in [2.24, 2.45) is 0 Å². The van der Waals surface area contributed by atoms with Gasteiger partial charge in [-0.15, -0.1) is 5.10 Å². The molecule has 2 aromatic heterocycles. The Balaban J connectivity index is 1.56. The van der Waals surface area contributed by atoms with E-state index in [1.54, 1.807) is 6.20 Å². The molecule has 3 rings (SSSR count). The van der Waals surface area contributed by atoms with Gasteiger partial charge in [0.25, 0.3) is 0 Å². The number of nitrogens with zero attached hydrogens (tertiary/aromatic N) is 4. The maximum atomic E-state index is 4.20. The molecular formula is C15H19N5. The summed E-state index contributed by atoms with van der Waals surface area (Å²) in [5, 5.41) is 11.8. The van der Waals surface area contributed by atoms with Crippen LogP contribution < -0.4 is 10.2 Å². The van der Waals surface area contributed by atoms with Crippen LogP contribution in [-0.4, -0.2) is 34.3 Å². The minimum atomic E-state index is 0.499. The van der Waals surface area contributed by atoms with Crippen LogP contribution in [0.25, 0.3) is 0 Å². The third-order valence-electron chi connectivity index (χ3n) is 3.65. The Labute approximate surface area is 119 Å². The molecule has 0 spiro atoms. The van der Waals surface area contributed by atoms with Crippen LogP contribution in [0.5, 0.6) is 0 Å². The highest BCUT2D eigenvalue weighted by Gasteiger charge is 2.20. The zero-order valence-electron chi connectivity index (χ0n) is 11.4. The summed E-state index contributed by atoms with van der Waals surface area (Å²) < 4.78 is 0. The molecule has 5 heteroatoms. The molecule has 1 N–H and O–H groups in total. The van der Waals surface area contributed by atoms with E-state index in [4.69, 9.17) is 0 Å². The molecule has 1 atom stereocenters. The Kier molecular flexibility index (Phi) is 4.18. The summed E-state index contributed by atoms with van der Waals surface area (Å²) in [4.78, 5) is 6.35. The van der Waals surface area contributed by atoms with Crippen LogP contribution in [0.3, 0.4) is 0 Å². The topological polar surface area (TPSA) is 53.9 Å². The van der Waals surface area contributed by atoms with Crippen molar-refractivity contribution < 1.29 is 0 Å². The first kappa shape index (κ1) is 13.0. The van der Waals surface area contributed by atoms with Crippen molar-refractivity contribution >= 4 is 5.82 Å². The molecule has 0 bridgehead atoms. The van der Waals surface area contributed by atoms with Gasteiger partial charge in [-0.1, -0.05) is 0 Å². The molecule has 104 valence electrons. The van der Waals surface area contributed by atoms with E-state index in [2.05, 4.69) is 37.5 Å². The predicted molar refractivity (Wildman–Crippen MR) is 78.3 cm³/mol. The molecule has 0 aliphatic carbocycles. The quantitative estimate of drug-likeness (QED) is 0.914. The lowest BCUT2D eigenvalue weighted by Crippen LogP contribution is -2.45. The molecule has 1 fully saturated rings. The SMILES string of the molecule is c1cnnc(N2CCC[C@@H](NCc3ccncc3)C2)c1. The number of hydrogen-bond donors (Lipinski definition) is 1. The lowest BCUT2D eigenvalue weighted by Gasteiger charge is -2.33. The molecule has 1 aliphatic heterocycles. The molecule has 0 saturated carbocycles. The summed E-state index contributed by atoms with van der Waals surface area (Å²) in [5.41, 5.74) is 1.27. The maximum Gasteiger partial charge on any atom is 0.151 e. The fraction of sp³-hybridized carbons (Fsp3) is 0.400. The highest BCUT2D eigenvalue weighted by atomic mass is 15.3. The second kappa shape index (κ2) is 6.43. The number of rotatable bonds is 4. The first-order valence-corrected chi connectivity index (χ1v) is 7.07. The van der Waals surface area contributed by atoms with Crippen molar-refractivity contribution in [1.29, 1.82) is 0 Å². The minimum absolute atomic E-state index is 0.499. The van der Waals surface area contributed by atoms with Crippen molar-refractivity contribution in [3.8, 4) is 0 Å². The van der Waals surface area contributed by atoms with Crippen LogP contribution in [0, 0.1) is 0 Å². The fourth-order valence-electron chi connectivity index (χ4n) is 2.58. The Morgan fingerprint density at radius 1 is 1.20 bits per heavy atom. The van der Waals surface area contributed by atoms with Crippen LogP contribution in [-0.2, 0) is 6.54 Å². The summed E-state index contributed by atoms with van der Waals surface area (Å²) in [6.07, 6.45) is 7.78. The molecule has 0 unspecified atom stereocenters. The van der Waals surface area contributed by atoms with Crippen LogP contribution in [0.1, 0.15) is 18.4 Å². The number of nitrogens with one attached hydrogen (secondary N) is 1. The molecule has 3 heterocycles. The van der Waals surface area contributed by atoms with Gasteiger partial charge in [-0.2, -0.15) is 5.10 Å². The Bertz CT molecular complexity index is 516. The van der Waals surface area contributed by atoms with E-state index in [1.165, 1.54) is 18.4 Å². The smallest absolute Gasteiger partial charge is 0.151 e. The first-order valence-electron chi connectivity index (χ1n) is 7.07. The van der Waals surface area contributed by atoms with Gasteiger partial charge >= 0.3 is 0 Å². The summed E-state index contributed by atoms with van der Waals surface area (Å²) >= 11 is 0. The van der Waals surface area contributed by atoms with Gasteiger partial charge in [-0.25, -0.2) is 0 Å². The lowest BCUT2D eigenvalue weighted by atomic mass is 10.1. The third-order valence-corrected chi connectivity index (χ3v) is 3.65. The average Bonchev–Trinajstić information content (AvgIpc) is 2.55. The molecule has 1 aliphatic rings. The highest BCUT2D eigenvalue weighted by molar-refractivity contribution is 5.37. The molecule has 0 radical (unpaired) electrons. The van der Waals surface area contributed by atoms with E-state index >= 15 is 0 Å². The third kappa shape index (κ3) is 3.30. The van der Waals surface area contributed by atoms with Crippen molar-refractivity contribution in [2.45, 2.75) is 25.4 Å². The van der Waals surface area contributed by atoms with Crippen LogP contribution >= 0.6 is 0 Å². The molecule has 0 amide bonds. The normalized spacial score (nSPS) is 19.0. The number of pyridine rings is 1. The Hall–Kier alpha value is -2.01. The second-order valence-electron chi connectivity index (χ2n) is 5.10. The van der Waals surface area contributed by atoms with E-state index in [0.717, 1.165) is 25.5 Å². The van der Waals surface area contributed by atoms with Gasteiger partial charge < -0.3 is 10.2 Å². The molecule has 5 nitrogen and oxygen atoms in total. The van der Waals surface area contributed by atoms with Gasteiger partial charge in [0.15, 0.2) is 5.82 Å². The van der Waals surface area contributed by atoms with Gasteiger partial charge in [-0.3, -0.25) is 4.98 Å². The van der Waals surface area contributed by atoms with Crippen molar-refractivity contribution in [3.63, 3.8) is 0 Å². The molecular weight excluding hydrogens is 250 g/mol. The maximum absolute atomic E-state index is 4.20. The highest BCUT2D eigenvalue weighted by Crippen LogP contribution is 2.16. The largest absolute Gasteiger partial charge is 0.354 e. The zero-order chi connectivity index (χ0) is 13.6. The number of anilines is 1. The van der Waals surface area contributed by atoms with E-state index < -0.39 is 0 Å². The van der Waals surface area contributed by atoms with Gasteiger partial charge in [0.1, 0.15) is 0 Å². The Morgan fingerprint density at radius 2 is 2.10 bits per heavy atom. The molecule has 20 heavy (non-hydrogen) atoms. The van der Waals surface area contributed by atoms with Gasteiger partial charge in [0.05, 0.1) is 0 Å². The second-order valence-corrected chi connectivity index (χ2v) is 5.10. The first-order chi connectivity index (χ1) is 9.92. The standard InChI is InChI=1S/C15H19N5/c1-4-15(19-18-7-1)20-10-2-3-14(12-20)17-11-13-5-8-16-9-6-13/h1,4-9,14,17H,2-3,10-12H2/t14-/m1/s1.